The molecule has 1 atom stereocenters. The first-order valence-corrected chi connectivity index (χ1v) is 6.52. The standard InChI is InChI=1S/C14H22F2N2/c1-3-9-18(4-2)10-8-13(17)11-6-5-7-12(15)14(11)16/h5-7,13H,3-4,8-10,17H2,1-2H3. The monoisotopic (exact) mass is 256 g/mol. The lowest BCUT2D eigenvalue weighted by Gasteiger charge is -2.22. The Hall–Kier alpha value is -1.00. The average molecular weight is 256 g/mol. The molecule has 0 aliphatic carbocycles. The zero-order valence-corrected chi connectivity index (χ0v) is 11.1. The maximum atomic E-state index is 13.5. The van der Waals surface area contributed by atoms with Crippen molar-refractivity contribution >= 4 is 0 Å². The van der Waals surface area contributed by atoms with Crippen LogP contribution in [0.3, 0.4) is 0 Å². The van der Waals surface area contributed by atoms with Crippen LogP contribution in [0.5, 0.6) is 0 Å². The van der Waals surface area contributed by atoms with Crippen molar-refractivity contribution < 1.29 is 8.78 Å². The predicted octanol–water partition coefficient (Wildman–Crippen LogP) is 3.09. The topological polar surface area (TPSA) is 29.3 Å². The van der Waals surface area contributed by atoms with Crippen LogP contribution in [0.25, 0.3) is 0 Å². The van der Waals surface area contributed by atoms with Crippen molar-refractivity contribution in [3.63, 3.8) is 0 Å². The summed E-state index contributed by atoms with van der Waals surface area (Å²) >= 11 is 0. The van der Waals surface area contributed by atoms with Gasteiger partial charge in [0.25, 0.3) is 0 Å². The van der Waals surface area contributed by atoms with E-state index in [4.69, 9.17) is 5.73 Å². The summed E-state index contributed by atoms with van der Waals surface area (Å²) in [5.41, 5.74) is 6.20. The van der Waals surface area contributed by atoms with Gasteiger partial charge in [-0.3, -0.25) is 0 Å². The Morgan fingerprint density at radius 3 is 2.56 bits per heavy atom. The second-order valence-corrected chi connectivity index (χ2v) is 4.47. The zero-order valence-electron chi connectivity index (χ0n) is 11.1. The van der Waals surface area contributed by atoms with Gasteiger partial charge in [0.2, 0.25) is 0 Å². The van der Waals surface area contributed by atoms with Crippen LogP contribution in [0, 0.1) is 11.6 Å². The minimum absolute atomic E-state index is 0.266. The summed E-state index contributed by atoms with van der Waals surface area (Å²) in [7, 11) is 0. The number of hydrogen-bond acceptors (Lipinski definition) is 2. The second-order valence-electron chi connectivity index (χ2n) is 4.47. The van der Waals surface area contributed by atoms with Crippen LogP contribution in [-0.4, -0.2) is 24.5 Å². The Balaban J connectivity index is 2.59. The van der Waals surface area contributed by atoms with E-state index in [1.807, 2.05) is 0 Å². The summed E-state index contributed by atoms with van der Waals surface area (Å²) in [5, 5.41) is 0. The van der Waals surface area contributed by atoms with Gasteiger partial charge in [-0.25, -0.2) is 8.78 Å². The van der Waals surface area contributed by atoms with Crippen molar-refractivity contribution in [3.8, 4) is 0 Å². The normalized spacial score (nSPS) is 13.0. The maximum Gasteiger partial charge on any atom is 0.163 e. The van der Waals surface area contributed by atoms with E-state index in [-0.39, 0.29) is 5.56 Å². The molecule has 0 saturated heterocycles. The highest BCUT2D eigenvalue weighted by molar-refractivity contribution is 5.22. The predicted molar refractivity (Wildman–Crippen MR) is 70.3 cm³/mol. The Bertz CT molecular complexity index is 369. The highest BCUT2D eigenvalue weighted by Crippen LogP contribution is 2.20. The smallest absolute Gasteiger partial charge is 0.163 e. The van der Waals surface area contributed by atoms with Crippen molar-refractivity contribution in [3.05, 3.63) is 35.4 Å². The third kappa shape index (κ3) is 4.03. The summed E-state index contributed by atoms with van der Waals surface area (Å²) < 4.78 is 26.6. The van der Waals surface area contributed by atoms with Crippen LogP contribution in [-0.2, 0) is 0 Å². The molecule has 0 heterocycles. The highest BCUT2D eigenvalue weighted by atomic mass is 19.2. The maximum absolute atomic E-state index is 13.5. The molecule has 0 fully saturated rings. The summed E-state index contributed by atoms with van der Waals surface area (Å²) in [4.78, 5) is 2.26. The molecule has 18 heavy (non-hydrogen) atoms. The van der Waals surface area contributed by atoms with Gasteiger partial charge < -0.3 is 10.6 Å². The Labute approximate surface area is 108 Å². The molecule has 0 amide bonds. The van der Waals surface area contributed by atoms with Crippen molar-refractivity contribution in [1.29, 1.82) is 0 Å². The molecule has 1 aromatic carbocycles. The fraction of sp³-hybridized carbons (Fsp3) is 0.571. The first kappa shape index (κ1) is 15.1. The number of rotatable bonds is 7. The largest absolute Gasteiger partial charge is 0.324 e. The Morgan fingerprint density at radius 2 is 1.94 bits per heavy atom. The van der Waals surface area contributed by atoms with Gasteiger partial charge in [0.05, 0.1) is 0 Å². The summed E-state index contributed by atoms with van der Waals surface area (Å²) in [6.07, 6.45) is 1.71. The summed E-state index contributed by atoms with van der Waals surface area (Å²) in [6, 6.07) is 3.71. The molecule has 0 aliphatic rings. The van der Waals surface area contributed by atoms with E-state index in [0.717, 1.165) is 32.1 Å². The molecule has 102 valence electrons. The van der Waals surface area contributed by atoms with E-state index in [2.05, 4.69) is 18.7 Å². The lowest BCUT2D eigenvalue weighted by molar-refractivity contribution is 0.276. The van der Waals surface area contributed by atoms with Gasteiger partial charge in [0.1, 0.15) is 0 Å². The van der Waals surface area contributed by atoms with E-state index in [9.17, 15) is 8.78 Å². The van der Waals surface area contributed by atoms with Gasteiger partial charge in [0, 0.05) is 11.6 Å². The van der Waals surface area contributed by atoms with Crippen LogP contribution in [0.4, 0.5) is 8.78 Å². The molecule has 1 aromatic rings. The van der Waals surface area contributed by atoms with E-state index in [1.165, 1.54) is 6.07 Å². The molecule has 0 bridgehead atoms. The lowest BCUT2D eigenvalue weighted by atomic mass is 10.0. The molecule has 0 aromatic heterocycles. The lowest BCUT2D eigenvalue weighted by Crippen LogP contribution is -2.28. The van der Waals surface area contributed by atoms with Crippen molar-refractivity contribution in [2.24, 2.45) is 5.73 Å². The van der Waals surface area contributed by atoms with Crippen LogP contribution in [0.1, 0.15) is 38.3 Å². The quantitative estimate of drug-likeness (QED) is 0.812. The highest BCUT2D eigenvalue weighted by Gasteiger charge is 2.15. The van der Waals surface area contributed by atoms with Gasteiger partial charge in [0.15, 0.2) is 11.6 Å². The van der Waals surface area contributed by atoms with Gasteiger partial charge >= 0.3 is 0 Å². The molecule has 0 aliphatic heterocycles. The third-order valence-corrected chi connectivity index (χ3v) is 3.12. The molecule has 4 heteroatoms. The molecule has 1 rings (SSSR count). The molecular formula is C14H22F2N2. The van der Waals surface area contributed by atoms with Crippen molar-refractivity contribution in [2.45, 2.75) is 32.7 Å². The molecule has 2 nitrogen and oxygen atoms in total. The van der Waals surface area contributed by atoms with Crippen molar-refractivity contribution in [2.75, 3.05) is 19.6 Å². The van der Waals surface area contributed by atoms with Gasteiger partial charge in [-0.05, 0) is 38.5 Å². The molecule has 2 N–H and O–H groups in total. The van der Waals surface area contributed by atoms with Gasteiger partial charge in [-0.2, -0.15) is 0 Å². The third-order valence-electron chi connectivity index (χ3n) is 3.12. The Kier molecular flexibility index (Phi) is 6.22. The minimum Gasteiger partial charge on any atom is -0.324 e. The van der Waals surface area contributed by atoms with Gasteiger partial charge in [-0.15, -0.1) is 0 Å². The SMILES string of the molecule is CCCN(CC)CCC(N)c1cccc(F)c1F. The first-order valence-electron chi connectivity index (χ1n) is 6.52. The number of benzene rings is 1. The molecule has 0 radical (unpaired) electrons. The van der Waals surface area contributed by atoms with Crippen LogP contribution in [0.15, 0.2) is 18.2 Å². The van der Waals surface area contributed by atoms with E-state index < -0.39 is 17.7 Å². The molecule has 0 spiro atoms. The minimum atomic E-state index is -0.830. The fourth-order valence-corrected chi connectivity index (χ4v) is 2.03. The van der Waals surface area contributed by atoms with E-state index in [0.29, 0.717) is 6.42 Å². The number of halogens is 2. The van der Waals surface area contributed by atoms with Gasteiger partial charge in [-0.1, -0.05) is 26.0 Å². The van der Waals surface area contributed by atoms with E-state index >= 15 is 0 Å². The Morgan fingerprint density at radius 1 is 1.22 bits per heavy atom. The fourth-order valence-electron chi connectivity index (χ4n) is 2.03. The van der Waals surface area contributed by atoms with E-state index in [1.54, 1.807) is 6.07 Å². The molecular weight excluding hydrogens is 234 g/mol. The zero-order chi connectivity index (χ0) is 13.5. The number of nitrogens with zero attached hydrogens (tertiary/aromatic N) is 1. The first-order chi connectivity index (χ1) is 8.60. The van der Waals surface area contributed by atoms with Crippen molar-refractivity contribution in [1.82, 2.24) is 4.90 Å². The van der Waals surface area contributed by atoms with Crippen LogP contribution < -0.4 is 5.73 Å². The number of hydrogen-bond donors (Lipinski definition) is 1. The second kappa shape index (κ2) is 7.44. The van der Waals surface area contributed by atoms with Crippen LogP contribution >= 0.6 is 0 Å². The summed E-state index contributed by atoms with van der Waals surface area (Å²) in [6.45, 7) is 6.97. The van der Waals surface area contributed by atoms with Crippen LogP contribution in [0.2, 0.25) is 0 Å². The molecule has 0 saturated carbocycles. The number of nitrogens with two attached hydrogens (primary N) is 1. The summed E-state index contributed by atoms with van der Waals surface area (Å²) in [5.74, 6) is -1.65. The average Bonchev–Trinajstić information content (AvgIpc) is 2.37. The molecule has 1 unspecified atom stereocenters.